The fourth-order valence-corrected chi connectivity index (χ4v) is 5.35. The molecule has 5 atom stereocenters. The molecule has 7 nitrogen and oxygen atoms in total. The van der Waals surface area contributed by atoms with Gasteiger partial charge in [-0.1, -0.05) is 6.92 Å². The number of hydrogen-bond acceptors (Lipinski definition) is 7. The van der Waals surface area contributed by atoms with Crippen LogP contribution >= 0.6 is 0 Å². The van der Waals surface area contributed by atoms with E-state index in [2.05, 4.69) is 54.2 Å². The molecule has 0 radical (unpaired) electrons. The van der Waals surface area contributed by atoms with Gasteiger partial charge in [-0.3, -0.25) is 19.6 Å². The molecule has 0 aromatic carbocycles. The number of rotatable bonds is 10. The predicted molar refractivity (Wildman–Crippen MR) is 126 cm³/mol. The molecule has 0 aromatic rings. The quantitative estimate of drug-likeness (QED) is 0.511. The number of hydrogen-bond donors (Lipinski definition) is 0. The smallest absolute Gasteiger partial charge is 0.0700 e. The first-order valence-corrected chi connectivity index (χ1v) is 12.7. The molecule has 0 bridgehead atoms. The summed E-state index contributed by atoms with van der Waals surface area (Å²) in [4.78, 5) is 10.5. The number of ether oxygens (including phenoxy) is 3. The third-order valence-corrected chi connectivity index (χ3v) is 6.87. The zero-order chi connectivity index (χ0) is 22.2. The van der Waals surface area contributed by atoms with E-state index in [9.17, 15) is 0 Å². The second-order valence-electron chi connectivity index (χ2n) is 10.1. The van der Waals surface area contributed by atoms with Gasteiger partial charge in [0.25, 0.3) is 0 Å². The summed E-state index contributed by atoms with van der Waals surface area (Å²) in [5.74, 6) is 0. The lowest BCUT2D eigenvalue weighted by atomic mass is 10.2. The minimum Gasteiger partial charge on any atom is -0.376 e. The molecule has 0 aliphatic carbocycles. The minimum absolute atomic E-state index is 0.341. The maximum Gasteiger partial charge on any atom is 0.0700 e. The Bertz CT molecular complexity index is 461. The fourth-order valence-electron chi connectivity index (χ4n) is 5.35. The van der Waals surface area contributed by atoms with Crippen molar-refractivity contribution in [2.75, 3.05) is 85.1 Å². The van der Waals surface area contributed by atoms with Gasteiger partial charge >= 0.3 is 0 Å². The van der Waals surface area contributed by atoms with Crippen molar-refractivity contribution in [3.8, 4) is 0 Å². The topological polar surface area (TPSA) is 40.7 Å². The van der Waals surface area contributed by atoms with E-state index in [0.717, 1.165) is 91.6 Å². The van der Waals surface area contributed by atoms with Crippen molar-refractivity contribution < 1.29 is 14.2 Å². The Morgan fingerprint density at radius 1 is 0.677 bits per heavy atom. The molecule has 0 saturated carbocycles. The molecule has 3 heterocycles. The summed E-state index contributed by atoms with van der Waals surface area (Å²) in [6, 6.07) is 0. The zero-order valence-electron chi connectivity index (χ0n) is 20.8. The van der Waals surface area contributed by atoms with Crippen LogP contribution in [0.1, 0.15) is 41.0 Å². The van der Waals surface area contributed by atoms with Crippen molar-refractivity contribution >= 4 is 0 Å². The Hall–Kier alpha value is -0.280. The van der Waals surface area contributed by atoms with E-state index >= 15 is 0 Å². The zero-order valence-corrected chi connectivity index (χ0v) is 20.8. The molecular formula is C24H48N4O3. The lowest BCUT2D eigenvalue weighted by molar-refractivity contribution is -0.0732. The lowest BCUT2D eigenvalue weighted by Crippen LogP contribution is -2.51. The van der Waals surface area contributed by atoms with E-state index in [1.807, 2.05) is 0 Å². The highest BCUT2D eigenvalue weighted by atomic mass is 16.5. The molecule has 0 aromatic heterocycles. The molecule has 3 saturated heterocycles. The van der Waals surface area contributed by atoms with Crippen LogP contribution in [0.3, 0.4) is 0 Å². The minimum atomic E-state index is 0.341. The molecule has 0 N–H and O–H groups in total. The van der Waals surface area contributed by atoms with Gasteiger partial charge in [0.05, 0.1) is 37.1 Å². The van der Waals surface area contributed by atoms with Crippen LogP contribution in [0.4, 0.5) is 0 Å². The van der Waals surface area contributed by atoms with Gasteiger partial charge in [0.15, 0.2) is 0 Å². The summed E-state index contributed by atoms with van der Waals surface area (Å²) in [5.41, 5.74) is 0. The SMILES string of the molecule is CCC1CN(CCN(CCN2CC(C)OC(C)C2)CCN2CC(C)OC(C)C2)CCO1. The van der Waals surface area contributed by atoms with Gasteiger partial charge in [0, 0.05) is 78.5 Å². The van der Waals surface area contributed by atoms with Gasteiger partial charge < -0.3 is 14.2 Å². The summed E-state index contributed by atoms with van der Waals surface area (Å²) in [7, 11) is 0. The first-order valence-electron chi connectivity index (χ1n) is 12.7. The van der Waals surface area contributed by atoms with Crippen LogP contribution in [-0.2, 0) is 14.2 Å². The Labute approximate surface area is 190 Å². The monoisotopic (exact) mass is 440 g/mol. The molecular weight excluding hydrogens is 392 g/mol. The molecule has 3 rings (SSSR count). The van der Waals surface area contributed by atoms with Crippen molar-refractivity contribution in [2.45, 2.75) is 71.6 Å². The second kappa shape index (κ2) is 12.8. The van der Waals surface area contributed by atoms with Crippen LogP contribution in [0.2, 0.25) is 0 Å². The maximum atomic E-state index is 5.93. The summed E-state index contributed by atoms with van der Waals surface area (Å²) in [5, 5.41) is 0. The van der Waals surface area contributed by atoms with Crippen molar-refractivity contribution in [2.24, 2.45) is 0 Å². The second-order valence-corrected chi connectivity index (χ2v) is 10.1. The first-order chi connectivity index (χ1) is 14.9. The van der Waals surface area contributed by atoms with Crippen LogP contribution in [0.5, 0.6) is 0 Å². The Morgan fingerprint density at radius 2 is 1.13 bits per heavy atom. The Balaban J connectivity index is 1.48. The van der Waals surface area contributed by atoms with E-state index < -0.39 is 0 Å². The summed E-state index contributed by atoms with van der Waals surface area (Å²) >= 11 is 0. The number of morpholine rings is 3. The van der Waals surface area contributed by atoms with E-state index in [1.165, 1.54) is 0 Å². The van der Waals surface area contributed by atoms with Gasteiger partial charge in [-0.2, -0.15) is 0 Å². The standard InChI is InChI=1S/C24H48N4O3/c1-6-24-19-26(13-14-29-24)10-7-25(8-11-27-15-20(2)30-21(3)16-27)9-12-28-17-22(4)31-23(5)18-28/h20-24H,6-19H2,1-5H3. The van der Waals surface area contributed by atoms with Crippen LogP contribution in [0.15, 0.2) is 0 Å². The summed E-state index contributed by atoms with van der Waals surface area (Å²) in [6.07, 6.45) is 2.89. The van der Waals surface area contributed by atoms with Crippen molar-refractivity contribution in [1.29, 1.82) is 0 Å². The molecule has 3 aliphatic heterocycles. The normalized spacial score (nSPS) is 34.5. The van der Waals surface area contributed by atoms with Crippen LogP contribution in [0.25, 0.3) is 0 Å². The summed E-state index contributed by atoms with van der Waals surface area (Å²) in [6.45, 7) is 25.1. The van der Waals surface area contributed by atoms with Gasteiger partial charge in [-0.25, -0.2) is 0 Å². The van der Waals surface area contributed by atoms with Gasteiger partial charge in [-0.15, -0.1) is 0 Å². The van der Waals surface area contributed by atoms with Crippen LogP contribution in [0, 0.1) is 0 Å². The van der Waals surface area contributed by atoms with E-state index in [4.69, 9.17) is 14.2 Å². The first kappa shape index (κ1) is 25.3. The summed E-state index contributed by atoms with van der Waals surface area (Å²) < 4.78 is 17.7. The van der Waals surface area contributed by atoms with Crippen molar-refractivity contribution in [1.82, 2.24) is 19.6 Å². The van der Waals surface area contributed by atoms with Crippen molar-refractivity contribution in [3.63, 3.8) is 0 Å². The molecule has 5 unspecified atom stereocenters. The third kappa shape index (κ3) is 8.88. The molecule has 7 heteroatoms. The Kier molecular flexibility index (Phi) is 10.5. The fraction of sp³-hybridized carbons (Fsp3) is 1.00. The van der Waals surface area contributed by atoms with Crippen molar-refractivity contribution in [3.05, 3.63) is 0 Å². The van der Waals surface area contributed by atoms with E-state index in [-0.39, 0.29) is 0 Å². The average molecular weight is 441 g/mol. The third-order valence-electron chi connectivity index (χ3n) is 6.87. The van der Waals surface area contributed by atoms with Crippen LogP contribution < -0.4 is 0 Å². The molecule has 3 fully saturated rings. The van der Waals surface area contributed by atoms with E-state index in [1.54, 1.807) is 0 Å². The number of nitrogens with zero attached hydrogens (tertiary/aromatic N) is 4. The molecule has 31 heavy (non-hydrogen) atoms. The van der Waals surface area contributed by atoms with E-state index in [0.29, 0.717) is 30.5 Å². The van der Waals surface area contributed by atoms with Gasteiger partial charge in [0.2, 0.25) is 0 Å². The Morgan fingerprint density at radius 3 is 1.58 bits per heavy atom. The largest absolute Gasteiger partial charge is 0.376 e. The maximum absolute atomic E-state index is 5.93. The molecule has 0 spiro atoms. The highest BCUT2D eigenvalue weighted by Crippen LogP contribution is 2.13. The molecule has 182 valence electrons. The van der Waals surface area contributed by atoms with Gasteiger partial charge in [-0.05, 0) is 34.1 Å². The molecule has 3 aliphatic rings. The van der Waals surface area contributed by atoms with Crippen LogP contribution in [-0.4, -0.2) is 135 Å². The highest BCUT2D eigenvalue weighted by molar-refractivity contribution is 4.78. The molecule has 0 amide bonds. The average Bonchev–Trinajstić information content (AvgIpc) is 2.72. The van der Waals surface area contributed by atoms with Gasteiger partial charge in [0.1, 0.15) is 0 Å². The lowest BCUT2D eigenvalue weighted by Gasteiger charge is -2.39. The predicted octanol–water partition coefficient (Wildman–Crippen LogP) is 1.62. The highest BCUT2D eigenvalue weighted by Gasteiger charge is 2.25.